The Bertz CT molecular complexity index is 3540. The fourth-order valence-electron chi connectivity index (χ4n) is 11.9. The summed E-state index contributed by atoms with van der Waals surface area (Å²) in [6.07, 6.45) is 2.28. The van der Waals surface area contributed by atoms with E-state index in [2.05, 4.69) is 222 Å². The van der Waals surface area contributed by atoms with Crippen LogP contribution >= 0.6 is 0 Å². The molecule has 313 valence electrons. The molecule has 3 aliphatic rings. The zero-order chi connectivity index (χ0) is 43.8. The SMILES string of the molecule is Cc1cc2c(cc1N1c3cc4oc5ccccc5c4c(-c4cccc5c4Nc4ccccc4C5(c4ccccc4)c4ccccc4)c3[B]c3c1oc1ccccc31)C(C)(C)CCC2(C)C. The molecule has 0 unspecified atom stereocenters. The molecule has 0 bridgehead atoms. The van der Waals surface area contributed by atoms with E-state index in [9.17, 15) is 0 Å². The zero-order valence-electron chi connectivity index (χ0n) is 37.4. The van der Waals surface area contributed by atoms with Crippen molar-refractivity contribution in [2.75, 3.05) is 10.2 Å². The second kappa shape index (κ2) is 13.6. The van der Waals surface area contributed by atoms with Crippen LogP contribution in [0.2, 0.25) is 0 Å². The van der Waals surface area contributed by atoms with E-state index >= 15 is 0 Å². The number of hydrogen-bond acceptors (Lipinski definition) is 4. The summed E-state index contributed by atoms with van der Waals surface area (Å²) in [6, 6.07) is 62.0. The third kappa shape index (κ3) is 5.33. The molecule has 2 aromatic heterocycles. The van der Waals surface area contributed by atoms with Crippen molar-refractivity contribution in [3.05, 3.63) is 209 Å². The van der Waals surface area contributed by atoms with Crippen molar-refractivity contribution < 1.29 is 8.83 Å². The van der Waals surface area contributed by atoms with Gasteiger partial charge in [-0.3, -0.25) is 4.90 Å². The number of benzene rings is 8. The van der Waals surface area contributed by atoms with Crippen molar-refractivity contribution in [1.82, 2.24) is 0 Å². The number of fused-ring (bicyclic) bond motifs is 10. The van der Waals surface area contributed by atoms with Crippen LogP contribution in [0.25, 0.3) is 44.0 Å². The Kier molecular flexibility index (Phi) is 8.02. The first-order valence-electron chi connectivity index (χ1n) is 23.1. The van der Waals surface area contributed by atoms with E-state index < -0.39 is 5.41 Å². The molecule has 0 saturated heterocycles. The van der Waals surface area contributed by atoms with Gasteiger partial charge in [-0.15, -0.1) is 0 Å². The van der Waals surface area contributed by atoms with Crippen molar-refractivity contribution in [3.8, 4) is 11.1 Å². The third-order valence-electron chi connectivity index (χ3n) is 15.2. The molecular weight excluding hydrogens is 791 g/mol. The van der Waals surface area contributed by atoms with E-state index in [1.165, 1.54) is 38.9 Å². The number of aryl methyl sites for hydroxylation is 1. The Morgan fingerprint density at radius 1 is 0.523 bits per heavy atom. The molecule has 5 heteroatoms. The van der Waals surface area contributed by atoms with Crippen molar-refractivity contribution in [3.63, 3.8) is 0 Å². The molecule has 10 aromatic rings. The lowest BCUT2D eigenvalue weighted by Gasteiger charge is -2.43. The Balaban J connectivity index is 1.17. The van der Waals surface area contributed by atoms with Crippen LogP contribution in [-0.4, -0.2) is 7.28 Å². The molecule has 4 nitrogen and oxygen atoms in total. The summed E-state index contributed by atoms with van der Waals surface area (Å²) in [4.78, 5) is 2.41. The minimum Gasteiger partial charge on any atom is -0.456 e. The molecule has 65 heavy (non-hydrogen) atoms. The van der Waals surface area contributed by atoms with Gasteiger partial charge in [0.15, 0.2) is 5.88 Å². The largest absolute Gasteiger partial charge is 0.456 e. The van der Waals surface area contributed by atoms with Crippen LogP contribution in [0, 0.1) is 6.92 Å². The minimum atomic E-state index is -0.618. The van der Waals surface area contributed by atoms with Gasteiger partial charge in [0.25, 0.3) is 0 Å². The molecule has 2 aliphatic heterocycles. The predicted octanol–water partition coefficient (Wildman–Crippen LogP) is 14.5. The highest BCUT2D eigenvalue weighted by Gasteiger charge is 2.46. The Labute approximate surface area is 380 Å². The lowest BCUT2D eigenvalue weighted by Crippen LogP contribution is -2.41. The highest BCUT2D eigenvalue weighted by molar-refractivity contribution is 6.76. The van der Waals surface area contributed by atoms with Gasteiger partial charge >= 0.3 is 0 Å². The molecular formula is C60H48BN2O2. The second-order valence-corrected chi connectivity index (χ2v) is 19.8. The lowest BCUT2D eigenvalue weighted by atomic mass is 9.57. The smallest absolute Gasteiger partial charge is 0.203 e. The molecule has 0 atom stereocenters. The number of rotatable bonds is 4. The van der Waals surface area contributed by atoms with Crippen molar-refractivity contribution in [2.24, 2.45) is 0 Å². The Hall–Kier alpha value is -7.24. The molecule has 4 heterocycles. The van der Waals surface area contributed by atoms with E-state index in [4.69, 9.17) is 8.83 Å². The number of hydrogen-bond donors (Lipinski definition) is 1. The van der Waals surface area contributed by atoms with Crippen LogP contribution in [0.5, 0.6) is 0 Å². The highest BCUT2D eigenvalue weighted by atomic mass is 16.4. The molecule has 0 saturated carbocycles. The summed E-state index contributed by atoms with van der Waals surface area (Å²) >= 11 is 0. The van der Waals surface area contributed by atoms with Gasteiger partial charge in [0.2, 0.25) is 7.28 Å². The van der Waals surface area contributed by atoms with Gasteiger partial charge in [0.1, 0.15) is 16.7 Å². The van der Waals surface area contributed by atoms with E-state index in [1.54, 1.807) is 0 Å². The van der Waals surface area contributed by atoms with E-state index in [-0.39, 0.29) is 10.8 Å². The maximum Gasteiger partial charge on any atom is 0.203 e. The quantitative estimate of drug-likeness (QED) is 0.179. The van der Waals surface area contributed by atoms with Crippen molar-refractivity contribution in [1.29, 1.82) is 0 Å². The summed E-state index contributed by atoms with van der Waals surface area (Å²) < 4.78 is 14.0. The number of nitrogens with zero attached hydrogens (tertiary/aromatic N) is 1. The van der Waals surface area contributed by atoms with E-state index in [0.717, 1.165) is 96.4 Å². The van der Waals surface area contributed by atoms with Gasteiger partial charge in [-0.25, -0.2) is 0 Å². The van der Waals surface area contributed by atoms with E-state index in [0.29, 0.717) is 0 Å². The first-order valence-corrected chi connectivity index (χ1v) is 23.1. The molecule has 1 radical (unpaired) electrons. The molecule has 0 spiro atoms. The van der Waals surface area contributed by atoms with Gasteiger partial charge in [-0.05, 0) is 110 Å². The monoisotopic (exact) mass is 839 g/mol. The number of anilines is 5. The van der Waals surface area contributed by atoms with E-state index in [1.807, 2.05) is 0 Å². The summed E-state index contributed by atoms with van der Waals surface area (Å²) in [7, 11) is 2.39. The number of nitrogens with one attached hydrogen (secondary N) is 1. The third-order valence-corrected chi connectivity index (χ3v) is 15.2. The fourth-order valence-corrected chi connectivity index (χ4v) is 11.9. The van der Waals surface area contributed by atoms with Crippen LogP contribution < -0.4 is 21.1 Å². The van der Waals surface area contributed by atoms with Crippen molar-refractivity contribution in [2.45, 2.75) is 63.7 Å². The van der Waals surface area contributed by atoms with Crippen LogP contribution in [0.4, 0.5) is 28.6 Å². The predicted molar refractivity (Wildman–Crippen MR) is 270 cm³/mol. The molecule has 1 N–H and O–H groups in total. The fraction of sp³-hybridized carbons (Fsp3) is 0.167. The summed E-state index contributed by atoms with van der Waals surface area (Å²) in [5.41, 5.74) is 19.7. The van der Waals surface area contributed by atoms with Crippen molar-refractivity contribution >= 4 is 79.7 Å². The molecule has 8 aromatic carbocycles. The molecule has 1 aliphatic carbocycles. The summed E-state index contributed by atoms with van der Waals surface area (Å²) in [5, 5.41) is 7.35. The first kappa shape index (κ1) is 38.2. The normalized spacial score (nSPS) is 16.2. The number of furan rings is 2. The Morgan fingerprint density at radius 2 is 1.12 bits per heavy atom. The van der Waals surface area contributed by atoms with Crippen LogP contribution in [0.3, 0.4) is 0 Å². The number of para-hydroxylation sites is 4. The van der Waals surface area contributed by atoms with Crippen LogP contribution in [0.15, 0.2) is 179 Å². The Morgan fingerprint density at radius 3 is 1.85 bits per heavy atom. The molecule has 0 fully saturated rings. The van der Waals surface area contributed by atoms with Gasteiger partial charge in [0, 0.05) is 39.2 Å². The zero-order valence-corrected chi connectivity index (χ0v) is 37.4. The maximum atomic E-state index is 7.03. The topological polar surface area (TPSA) is 41.6 Å². The maximum absolute atomic E-state index is 7.03. The van der Waals surface area contributed by atoms with Crippen LogP contribution in [0.1, 0.15) is 79.5 Å². The summed E-state index contributed by atoms with van der Waals surface area (Å²) in [5.74, 6) is 0.824. The lowest BCUT2D eigenvalue weighted by molar-refractivity contribution is 0.332. The van der Waals surface area contributed by atoms with Gasteiger partial charge in [0.05, 0.1) is 16.8 Å². The van der Waals surface area contributed by atoms with Gasteiger partial charge < -0.3 is 14.2 Å². The molecule has 0 amide bonds. The second-order valence-electron chi connectivity index (χ2n) is 19.8. The summed E-state index contributed by atoms with van der Waals surface area (Å²) in [6.45, 7) is 11.9. The minimum absolute atomic E-state index is 0.0116. The standard InChI is InChI=1S/C60H48BN2O2/c1-36-33-44-45(59(4,5)32-31-58(44,2)3)34-47(36)63-48-35-51-52(39-23-12-16-29-49(39)64-51)53(55(48)61-54-40-24-13-17-30-50(40)65-57(54)63)41-25-18-27-43-56(41)62-46-28-15-14-26-42(46)60(43,37-19-8-6-9-20-37)38-21-10-7-11-22-38/h6-30,33-35,62H,31-32H2,1-5H3. The van der Waals surface area contributed by atoms with Gasteiger partial charge in [-0.1, -0.05) is 167 Å². The molecule has 13 rings (SSSR count). The van der Waals surface area contributed by atoms with Gasteiger partial charge in [-0.2, -0.15) is 0 Å². The highest BCUT2D eigenvalue weighted by Crippen LogP contribution is 2.57. The van der Waals surface area contributed by atoms with Crippen LogP contribution in [-0.2, 0) is 16.2 Å². The first-order chi connectivity index (χ1) is 31.6. The average Bonchev–Trinajstić information content (AvgIpc) is 3.89. The average molecular weight is 840 g/mol.